The normalized spacial score (nSPS) is 15.4. The molecule has 0 unspecified atom stereocenters. The third kappa shape index (κ3) is 3.38. The molecule has 4 rings (SSSR count). The molecule has 0 aliphatic carbocycles. The SMILES string of the molecule is O=C(c1cccnc1)N1CCC(Cc2cccc3cccnc23)CC1. The molecule has 4 nitrogen and oxygen atoms in total. The van der Waals surface area contributed by atoms with E-state index >= 15 is 0 Å². The first-order chi connectivity index (χ1) is 12.3. The summed E-state index contributed by atoms with van der Waals surface area (Å²) >= 11 is 0. The maximum absolute atomic E-state index is 12.5. The van der Waals surface area contributed by atoms with Crippen LogP contribution >= 0.6 is 0 Å². The summed E-state index contributed by atoms with van der Waals surface area (Å²) in [4.78, 5) is 23.1. The van der Waals surface area contributed by atoms with E-state index in [9.17, 15) is 4.79 Å². The van der Waals surface area contributed by atoms with Crippen LogP contribution in [0.15, 0.2) is 61.1 Å². The molecule has 126 valence electrons. The number of aromatic nitrogens is 2. The van der Waals surface area contributed by atoms with Gasteiger partial charge in [-0.05, 0) is 48.9 Å². The molecule has 1 fully saturated rings. The highest BCUT2D eigenvalue weighted by Crippen LogP contribution is 2.26. The van der Waals surface area contributed by atoms with Gasteiger partial charge in [0.15, 0.2) is 0 Å². The number of carbonyl (C=O) groups is 1. The van der Waals surface area contributed by atoms with Crippen molar-refractivity contribution in [2.45, 2.75) is 19.3 Å². The van der Waals surface area contributed by atoms with E-state index in [4.69, 9.17) is 0 Å². The predicted octanol–water partition coefficient (Wildman–Crippen LogP) is 3.72. The van der Waals surface area contributed by atoms with Gasteiger partial charge >= 0.3 is 0 Å². The Kier molecular flexibility index (Phi) is 4.42. The summed E-state index contributed by atoms with van der Waals surface area (Å²) < 4.78 is 0. The van der Waals surface area contributed by atoms with Gasteiger partial charge in [-0.25, -0.2) is 0 Å². The minimum absolute atomic E-state index is 0.0957. The van der Waals surface area contributed by atoms with Gasteiger partial charge in [0.2, 0.25) is 0 Å². The van der Waals surface area contributed by atoms with Crippen molar-refractivity contribution in [2.75, 3.05) is 13.1 Å². The number of pyridine rings is 2. The summed E-state index contributed by atoms with van der Waals surface area (Å²) in [7, 11) is 0. The number of para-hydroxylation sites is 1. The molecule has 0 radical (unpaired) electrons. The van der Waals surface area contributed by atoms with Gasteiger partial charge in [0.05, 0.1) is 11.1 Å². The van der Waals surface area contributed by atoms with Crippen LogP contribution in [0.5, 0.6) is 0 Å². The van der Waals surface area contributed by atoms with Crippen molar-refractivity contribution in [2.24, 2.45) is 5.92 Å². The maximum Gasteiger partial charge on any atom is 0.255 e. The minimum Gasteiger partial charge on any atom is -0.339 e. The first kappa shape index (κ1) is 15.8. The van der Waals surface area contributed by atoms with Gasteiger partial charge in [-0.3, -0.25) is 14.8 Å². The van der Waals surface area contributed by atoms with Gasteiger partial charge in [-0.15, -0.1) is 0 Å². The number of nitrogens with zero attached hydrogens (tertiary/aromatic N) is 3. The number of likely N-dealkylation sites (tertiary alicyclic amines) is 1. The fourth-order valence-electron chi connectivity index (χ4n) is 3.66. The zero-order valence-electron chi connectivity index (χ0n) is 14.1. The zero-order valence-corrected chi connectivity index (χ0v) is 14.1. The Morgan fingerprint density at radius 1 is 1.04 bits per heavy atom. The molecular weight excluding hydrogens is 310 g/mol. The van der Waals surface area contributed by atoms with Gasteiger partial charge in [0.25, 0.3) is 5.91 Å². The Balaban J connectivity index is 1.41. The second-order valence-corrected chi connectivity index (χ2v) is 6.67. The largest absolute Gasteiger partial charge is 0.339 e. The lowest BCUT2D eigenvalue weighted by molar-refractivity contribution is 0.0690. The molecule has 0 spiro atoms. The average Bonchev–Trinajstić information content (AvgIpc) is 2.69. The minimum atomic E-state index is 0.0957. The number of carbonyl (C=O) groups excluding carboxylic acids is 1. The van der Waals surface area contributed by atoms with Crippen LogP contribution in [0.4, 0.5) is 0 Å². The van der Waals surface area contributed by atoms with Crippen LogP contribution in [0.25, 0.3) is 10.9 Å². The topological polar surface area (TPSA) is 46.1 Å². The third-order valence-electron chi connectivity index (χ3n) is 5.04. The number of hydrogen-bond donors (Lipinski definition) is 0. The van der Waals surface area contributed by atoms with Crippen LogP contribution in [0.1, 0.15) is 28.8 Å². The molecule has 3 heterocycles. The van der Waals surface area contributed by atoms with Gasteiger partial charge < -0.3 is 4.90 Å². The van der Waals surface area contributed by atoms with E-state index in [-0.39, 0.29) is 5.91 Å². The highest BCUT2D eigenvalue weighted by Gasteiger charge is 2.24. The number of hydrogen-bond acceptors (Lipinski definition) is 3. The molecule has 25 heavy (non-hydrogen) atoms. The van der Waals surface area contributed by atoms with E-state index in [1.54, 1.807) is 12.4 Å². The fourth-order valence-corrected chi connectivity index (χ4v) is 3.66. The molecule has 0 N–H and O–H groups in total. The van der Waals surface area contributed by atoms with Crippen LogP contribution in [0.2, 0.25) is 0 Å². The molecule has 1 aliphatic heterocycles. The zero-order chi connectivity index (χ0) is 17.1. The van der Waals surface area contributed by atoms with Crippen molar-refractivity contribution in [1.29, 1.82) is 0 Å². The quantitative estimate of drug-likeness (QED) is 0.735. The molecule has 1 aromatic carbocycles. The number of piperidine rings is 1. The molecule has 1 saturated heterocycles. The predicted molar refractivity (Wildman–Crippen MR) is 98.3 cm³/mol. The van der Waals surface area contributed by atoms with Crippen LogP contribution in [-0.4, -0.2) is 33.9 Å². The van der Waals surface area contributed by atoms with Crippen LogP contribution in [0, 0.1) is 5.92 Å². The smallest absolute Gasteiger partial charge is 0.255 e. The lowest BCUT2D eigenvalue weighted by atomic mass is 9.89. The van der Waals surface area contributed by atoms with E-state index in [1.807, 2.05) is 29.3 Å². The third-order valence-corrected chi connectivity index (χ3v) is 5.04. The molecule has 0 atom stereocenters. The number of fused-ring (bicyclic) bond motifs is 1. The van der Waals surface area contributed by atoms with Gasteiger partial charge in [0, 0.05) is 37.1 Å². The summed E-state index contributed by atoms with van der Waals surface area (Å²) in [5.41, 5.74) is 3.10. The highest BCUT2D eigenvalue weighted by molar-refractivity contribution is 5.93. The van der Waals surface area contributed by atoms with Crippen molar-refractivity contribution in [3.8, 4) is 0 Å². The number of benzene rings is 1. The van der Waals surface area contributed by atoms with E-state index < -0.39 is 0 Å². The van der Waals surface area contributed by atoms with Crippen molar-refractivity contribution in [3.63, 3.8) is 0 Å². The Bertz CT molecular complexity index is 865. The van der Waals surface area contributed by atoms with E-state index in [2.05, 4.69) is 34.2 Å². The van der Waals surface area contributed by atoms with Crippen LogP contribution in [0.3, 0.4) is 0 Å². The summed E-state index contributed by atoms with van der Waals surface area (Å²) in [6.07, 6.45) is 8.31. The summed E-state index contributed by atoms with van der Waals surface area (Å²) in [6.45, 7) is 1.63. The van der Waals surface area contributed by atoms with Gasteiger partial charge in [-0.2, -0.15) is 0 Å². The summed E-state index contributed by atoms with van der Waals surface area (Å²) in [6, 6.07) is 14.1. The monoisotopic (exact) mass is 331 g/mol. The summed E-state index contributed by atoms with van der Waals surface area (Å²) in [5.74, 6) is 0.698. The summed E-state index contributed by atoms with van der Waals surface area (Å²) in [5, 5.41) is 1.20. The van der Waals surface area contributed by atoms with Crippen molar-refractivity contribution in [1.82, 2.24) is 14.9 Å². The highest BCUT2D eigenvalue weighted by atomic mass is 16.2. The molecule has 1 aliphatic rings. The fraction of sp³-hybridized carbons (Fsp3) is 0.286. The molecule has 1 amide bonds. The van der Waals surface area contributed by atoms with E-state index in [0.717, 1.165) is 37.9 Å². The maximum atomic E-state index is 12.5. The molecule has 0 bridgehead atoms. The van der Waals surface area contributed by atoms with E-state index in [0.29, 0.717) is 11.5 Å². The number of rotatable bonds is 3. The molecule has 2 aromatic heterocycles. The standard InChI is InChI=1S/C21H21N3O/c25-21(19-7-2-10-22-15-19)24-12-8-16(9-13-24)14-18-5-1-4-17-6-3-11-23-20(17)18/h1-7,10-11,15-16H,8-9,12-14H2. The van der Waals surface area contributed by atoms with Crippen molar-refractivity contribution >= 4 is 16.8 Å². The van der Waals surface area contributed by atoms with Crippen molar-refractivity contribution in [3.05, 3.63) is 72.2 Å². The second kappa shape index (κ2) is 7.01. The molecular formula is C21H21N3O. The Morgan fingerprint density at radius 2 is 1.84 bits per heavy atom. The first-order valence-corrected chi connectivity index (χ1v) is 8.83. The lowest BCUT2D eigenvalue weighted by Gasteiger charge is -2.32. The molecule has 3 aromatic rings. The molecule has 0 saturated carbocycles. The van der Waals surface area contributed by atoms with Crippen molar-refractivity contribution < 1.29 is 4.79 Å². The van der Waals surface area contributed by atoms with Crippen LogP contribution < -0.4 is 0 Å². The Labute approximate surface area is 147 Å². The number of amides is 1. The lowest BCUT2D eigenvalue weighted by Crippen LogP contribution is -2.38. The van der Waals surface area contributed by atoms with Gasteiger partial charge in [0.1, 0.15) is 0 Å². The Morgan fingerprint density at radius 3 is 2.64 bits per heavy atom. The van der Waals surface area contributed by atoms with Gasteiger partial charge in [-0.1, -0.05) is 24.3 Å². The average molecular weight is 331 g/mol. The second-order valence-electron chi connectivity index (χ2n) is 6.67. The van der Waals surface area contributed by atoms with Crippen LogP contribution in [-0.2, 0) is 6.42 Å². The van der Waals surface area contributed by atoms with E-state index in [1.165, 1.54) is 10.9 Å². The molecule has 4 heteroatoms. The Hall–Kier alpha value is -2.75. The first-order valence-electron chi connectivity index (χ1n) is 8.83.